The molecule has 0 unspecified atom stereocenters. The van der Waals surface area contributed by atoms with E-state index in [1.165, 1.54) is 6.07 Å². The minimum atomic E-state index is -0.377. The van der Waals surface area contributed by atoms with Crippen LogP contribution in [0.1, 0.15) is 37.4 Å². The summed E-state index contributed by atoms with van der Waals surface area (Å²) < 4.78 is 10.9. The van der Waals surface area contributed by atoms with Gasteiger partial charge in [0.2, 0.25) is 0 Å². The van der Waals surface area contributed by atoms with Gasteiger partial charge in [0.1, 0.15) is 11.3 Å². The maximum atomic E-state index is 12.1. The van der Waals surface area contributed by atoms with Crippen molar-refractivity contribution in [3.63, 3.8) is 0 Å². The smallest absolute Gasteiger partial charge is 0.336 e. The van der Waals surface area contributed by atoms with Crippen molar-refractivity contribution in [3.05, 3.63) is 76.1 Å². The number of carbonyl (C=O) groups is 1. The Morgan fingerprint density at radius 2 is 1.93 bits per heavy atom. The normalized spacial score (nSPS) is 11.9. The molecule has 0 aliphatic rings. The Balaban J connectivity index is 1.66. The molecule has 1 N–H and O–H groups in total. The van der Waals surface area contributed by atoms with Crippen molar-refractivity contribution >= 4 is 16.9 Å². The number of hydrogen-bond donors (Lipinski definition) is 1. The molecule has 0 spiro atoms. The number of amides is 1. The van der Waals surface area contributed by atoms with Gasteiger partial charge in [-0.2, -0.15) is 0 Å². The third-order valence-electron chi connectivity index (χ3n) is 4.37. The molecule has 5 heteroatoms. The van der Waals surface area contributed by atoms with E-state index in [4.69, 9.17) is 9.15 Å². The molecule has 1 amide bonds. The first-order valence-electron chi connectivity index (χ1n) is 9.10. The molecular formula is C22H23NO4. The Morgan fingerprint density at radius 1 is 1.15 bits per heavy atom. The van der Waals surface area contributed by atoms with Gasteiger partial charge in [-0.25, -0.2) is 4.79 Å². The van der Waals surface area contributed by atoms with E-state index in [0.717, 1.165) is 29.4 Å². The minimum absolute atomic E-state index is 0.103. The van der Waals surface area contributed by atoms with Crippen molar-refractivity contribution in [1.82, 2.24) is 5.32 Å². The van der Waals surface area contributed by atoms with Crippen molar-refractivity contribution in [2.45, 2.75) is 32.7 Å². The number of rotatable bonds is 7. The van der Waals surface area contributed by atoms with Gasteiger partial charge in [0.25, 0.3) is 5.91 Å². The highest BCUT2D eigenvalue weighted by molar-refractivity contribution is 5.82. The molecule has 0 aliphatic carbocycles. The van der Waals surface area contributed by atoms with Crippen molar-refractivity contribution in [2.75, 3.05) is 6.61 Å². The summed E-state index contributed by atoms with van der Waals surface area (Å²) >= 11 is 0. The second-order valence-electron chi connectivity index (χ2n) is 6.49. The van der Waals surface area contributed by atoms with Crippen LogP contribution < -0.4 is 15.7 Å². The topological polar surface area (TPSA) is 68.5 Å². The standard InChI is InChI=1S/C22H23NO4/c1-3-7-17-12-22(25)27-20-13-18(10-11-19(17)20)26-14-21(24)23-15(2)16-8-5-4-6-9-16/h4-6,8-13,15H,3,7,14H2,1-2H3,(H,23,24)/t15-/m0/s1. The van der Waals surface area contributed by atoms with Crippen LogP contribution in [-0.2, 0) is 11.2 Å². The summed E-state index contributed by atoms with van der Waals surface area (Å²) in [6.45, 7) is 3.88. The average molecular weight is 365 g/mol. The minimum Gasteiger partial charge on any atom is -0.484 e. The molecule has 1 atom stereocenters. The first-order valence-corrected chi connectivity index (χ1v) is 9.10. The monoisotopic (exact) mass is 365 g/mol. The highest BCUT2D eigenvalue weighted by Gasteiger charge is 2.11. The van der Waals surface area contributed by atoms with E-state index in [-0.39, 0.29) is 24.2 Å². The molecule has 140 valence electrons. The molecule has 0 bridgehead atoms. The van der Waals surface area contributed by atoms with Crippen LogP contribution in [0.25, 0.3) is 11.0 Å². The summed E-state index contributed by atoms with van der Waals surface area (Å²) in [4.78, 5) is 23.9. The second kappa shape index (κ2) is 8.54. The number of ether oxygens (including phenoxy) is 1. The van der Waals surface area contributed by atoms with Crippen LogP contribution in [-0.4, -0.2) is 12.5 Å². The van der Waals surface area contributed by atoms with Crippen LogP contribution >= 0.6 is 0 Å². The lowest BCUT2D eigenvalue weighted by Crippen LogP contribution is -2.31. The number of hydrogen-bond acceptors (Lipinski definition) is 4. The van der Waals surface area contributed by atoms with Gasteiger partial charge < -0.3 is 14.5 Å². The van der Waals surface area contributed by atoms with Gasteiger partial charge in [-0.15, -0.1) is 0 Å². The van der Waals surface area contributed by atoms with Gasteiger partial charge in [-0.3, -0.25) is 4.79 Å². The predicted octanol–water partition coefficient (Wildman–Crippen LogP) is 4.00. The molecule has 3 aromatic rings. The van der Waals surface area contributed by atoms with Crippen LogP contribution in [0.3, 0.4) is 0 Å². The highest BCUT2D eigenvalue weighted by atomic mass is 16.5. The Morgan fingerprint density at radius 3 is 2.67 bits per heavy atom. The van der Waals surface area contributed by atoms with E-state index in [0.29, 0.717) is 11.3 Å². The summed E-state index contributed by atoms with van der Waals surface area (Å²) in [6, 6.07) is 16.5. The first kappa shape index (κ1) is 18.7. The van der Waals surface area contributed by atoms with Gasteiger partial charge in [-0.05, 0) is 36.6 Å². The van der Waals surface area contributed by atoms with Gasteiger partial charge in [0.15, 0.2) is 6.61 Å². The summed E-state index contributed by atoms with van der Waals surface area (Å²) in [5.74, 6) is 0.273. The number of carbonyl (C=O) groups excluding carboxylic acids is 1. The summed E-state index contributed by atoms with van der Waals surface area (Å²) in [5, 5.41) is 3.80. The van der Waals surface area contributed by atoms with E-state index >= 15 is 0 Å². The number of nitrogens with one attached hydrogen (secondary N) is 1. The number of fused-ring (bicyclic) bond motifs is 1. The molecule has 0 radical (unpaired) electrons. The molecule has 1 heterocycles. The van der Waals surface area contributed by atoms with Gasteiger partial charge in [0.05, 0.1) is 6.04 Å². The third-order valence-corrected chi connectivity index (χ3v) is 4.37. The highest BCUT2D eigenvalue weighted by Crippen LogP contribution is 2.23. The summed E-state index contributed by atoms with van der Waals surface area (Å²) in [5.41, 5.74) is 2.09. The lowest BCUT2D eigenvalue weighted by molar-refractivity contribution is -0.123. The fourth-order valence-electron chi connectivity index (χ4n) is 3.03. The van der Waals surface area contributed by atoms with E-state index in [1.807, 2.05) is 43.3 Å². The molecule has 2 aromatic carbocycles. The molecule has 5 nitrogen and oxygen atoms in total. The molecule has 0 aliphatic heterocycles. The largest absolute Gasteiger partial charge is 0.484 e. The van der Waals surface area contributed by atoms with Crippen LogP contribution in [0.5, 0.6) is 5.75 Å². The van der Waals surface area contributed by atoms with Crippen LogP contribution in [0.15, 0.2) is 63.8 Å². The summed E-state index contributed by atoms with van der Waals surface area (Å²) in [7, 11) is 0. The van der Waals surface area contributed by atoms with Crippen LogP contribution in [0.4, 0.5) is 0 Å². The van der Waals surface area contributed by atoms with Gasteiger partial charge >= 0.3 is 5.63 Å². The zero-order chi connectivity index (χ0) is 19.2. The van der Waals surface area contributed by atoms with Crippen molar-refractivity contribution in [3.8, 4) is 5.75 Å². The van der Waals surface area contributed by atoms with E-state index in [2.05, 4.69) is 12.2 Å². The van der Waals surface area contributed by atoms with Crippen LogP contribution in [0, 0.1) is 0 Å². The van der Waals surface area contributed by atoms with Crippen molar-refractivity contribution in [2.24, 2.45) is 0 Å². The molecule has 27 heavy (non-hydrogen) atoms. The Bertz CT molecular complexity index is 979. The SMILES string of the molecule is CCCc1cc(=O)oc2cc(OCC(=O)N[C@@H](C)c3ccccc3)ccc12. The fourth-order valence-corrected chi connectivity index (χ4v) is 3.03. The summed E-state index contributed by atoms with van der Waals surface area (Å²) in [6.07, 6.45) is 1.75. The van der Waals surface area contributed by atoms with Crippen LogP contribution in [0.2, 0.25) is 0 Å². The molecule has 0 saturated carbocycles. The van der Waals surface area contributed by atoms with Crippen molar-refractivity contribution < 1.29 is 13.9 Å². The quantitative estimate of drug-likeness (QED) is 0.643. The number of aryl methyl sites for hydroxylation is 1. The fraction of sp³-hybridized carbons (Fsp3) is 0.273. The van der Waals surface area contributed by atoms with E-state index in [1.54, 1.807) is 12.1 Å². The third kappa shape index (κ3) is 4.76. The van der Waals surface area contributed by atoms with Crippen molar-refractivity contribution in [1.29, 1.82) is 0 Å². The zero-order valence-corrected chi connectivity index (χ0v) is 15.5. The number of benzene rings is 2. The lowest BCUT2D eigenvalue weighted by Gasteiger charge is -2.14. The Labute approximate surface area is 158 Å². The molecule has 3 rings (SSSR count). The molecule has 0 saturated heterocycles. The van der Waals surface area contributed by atoms with Gasteiger partial charge in [-0.1, -0.05) is 43.7 Å². The maximum absolute atomic E-state index is 12.1. The molecular weight excluding hydrogens is 342 g/mol. The first-order chi connectivity index (χ1) is 13.1. The zero-order valence-electron chi connectivity index (χ0n) is 15.5. The molecule has 0 fully saturated rings. The maximum Gasteiger partial charge on any atom is 0.336 e. The van der Waals surface area contributed by atoms with E-state index < -0.39 is 0 Å². The Kier molecular flexibility index (Phi) is 5.91. The average Bonchev–Trinajstić information content (AvgIpc) is 2.67. The lowest BCUT2D eigenvalue weighted by atomic mass is 10.1. The Hall–Kier alpha value is -3.08. The predicted molar refractivity (Wildman–Crippen MR) is 105 cm³/mol. The van der Waals surface area contributed by atoms with E-state index in [9.17, 15) is 9.59 Å². The molecule has 1 aromatic heterocycles. The second-order valence-corrected chi connectivity index (χ2v) is 6.49. The van der Waals surface area contributed by atoms with Gasteiger partial charge in [0, 0.05) is 17.5 Å².